The van der Waals surface area contributed by atoms with Crippen molar-refractivity contribution < 1.29 is 14.3 Å². The minimum atomic E-state index is -0.0666. The van der Waals surface area contributed by atoms with E-state index in [0.717, 1.165) is 35.3 Å². The van der Waals surface area contributed by atoms with Crippen LogP contribution in [0.3, 0.4) is 0 Å². The van der Waals surface area contributed by atoms with Crippen molar-refractivity contribution in [2.24, 2.45) is 0 Å². The van der Waals surface area contributed by atoms with Crippen molar-refractivity contribution in [3.8, 4) is 0 Å². The first-order valence-corrected chi connectivity index (χ1v) is 11.2. The van der Waals surface area contributed by atoms with Gasteiger partial charge in [0.1, 0.15) is 12.4 Å². The van der Waals surface area contributed by atoms with Crippen molar-refractivity contribution in [1.29, 1.82) is 0 Å². The first kappa shape index (κ1) is 23.5. The summed E-state index contributed by atoms with van der Waals surface area (Å²) >= 11 is 0. The number of benzene rings is 2. The lowest BCUT2D eigenvalue weighted by atomic mass is 10.1. The van der Waals surface area contributed by atoms with Crippen LogP contribution in [0.25, 0.3) is 11.0 Å². The van der Waals surface area contributed by atoms with Crippen LogP contribution in [0.4, 0.5) is 0 Å². The molecule has 0 spiro atoms. The minimum Gasteiger partial charge on any atom is -0.382 e. The Morgan fingerprint density at radius 3 is 2.56 bits per heavy atom. The van der Waals surface area contributed by atoms with E-state index in [0.29, 0.717) is 38.3 Å². The molecule has 7 nitrogen and oxygen atoms in total. The number of carbonyl (C=O) groups excluding carboxylic acids is 2. The zero-order valence-corrected chi connectivity index (χ0v) is 18.9. The van der Waals surface area contributed by atoms with Crippen LogP contribution in [0.1, 0.15) is 41.5 Å². The summed E-state index contributed by atoms with van der Waals surface area (Å²) in [4.78, 5) is 29.6. The quantitative estimate of drug-likeness (QED) is 0.427. The van der Waals surface area contributed by atoms with Gasteiger partial charge in [0.15, 0.2) is 0 Å². The predicted octanol–water partition coefficient (Wildman–Crippen LogP) is 3.25. The number of imidazole rings is 1. The number of amides is 2. The molecule has 1 aromatic heterocycles. The number of para-hydroxylation sites is 2. The fraction of sp³-hybridized carbons (Fsp3) is 0.400. The van der Waals surface area contributed by atoms with Gasteiger partial charge in [0, 0.05) is 38.3 Å². The zero-order valence-electron chi connectivity index (χ0n) is 18.9. The normalized spacial score (nSPS) is 10.9. The van der Waals surface area contributed by atoms with Gasteiger partial charge < -0.3 is 19.9 Å². The third-order valence-corrected chi connectivity index (χ3v) is 5.28. The Kier molecular flexibility index (Phi) is 8.80. The predicted molar refractivity (Wildman–Crippen MR) is 126 cm³/mol. The number of hydrogen-bond donors (Lipinski definition) is 2. The molecule has 0 saturated heterocycles. The standard InChI is InChI=1S/C25H32N4O3/c1-3-32-17-9-16-26-24(30)18-29-22-13-7-6-12-21(22)28-23(29)14-8-15-27-25(31)20-11-5-4-10-19(20)2/h4-7,10-13H,3,8-9,14-18H2,1-2H3,(H,26,30)(H,27,31). The smallest absolute Gasteiger partial charge is 0.251 e. The average molecular weight is 437 g/mol. The third-order valence-electron chi connectivity index (χ3n) is 5.28. The van der Waals surface area contributed by atoms with Crippen LogP contribution in [0.2, 0.25) is 0 Å². The Balaban J connectivity index is 1.57. The summed E-state index contributed by atoms with van der Waals surface area (Å²) in [5.74, 6) is 0.739. The molecular formula is C25H32N4O3. The molecule has 0 aliphatic rings. The van der Waals surface area contributed by atoms with Crippen molar-refractivity contribution >= 4 is 22.8 Å². The number of nitrogens with zero attached hydrogens (tertiary/aromatic N) is 2. The molecule has 7 heteroatoms. The average Bonchev–Trinajstić information content (AvgIpc) is 3.14. The molecule has 0 unspecified atom stereocenters. The Labute approximate surface area is 189 Å². The van der Waals surface area contributed by atoms with Crippen LogP contribution in [0.15, 0.2) is 48.5 Å². The van der Waals surface area contributed by atoms with Crippen molar-refractivity contribution in [1.82, 2.24) is 20.2 Å². The lowest BCUT2D eigenvalue weighted by Gasteiger charge is -2.11. The molecule has 0 bridgehead atoms. The van der Waals surface area contributed by atoms with E-state index in [1.54, 1.807) is 0 Å². The van der Waals surface area contributed by atoms with E-state index in [9.17, 15) is 9.59 Å². The lowest BCUT2D eigenvalue weighted by molar-refractivity contribution is -0.121. The SMILES string of the molecule is CCOCCCNC(=O)Cn1c(CCCNC(=O)c2ccccc2C)nc2ccccc21. The van der Waals surface area contributed by atoms with Gasteiger partial charge in [-0.25, -0.2) is 4.98 Å². The molecule has 0 saturated carbocycles. The second-order valence-electron chi connectivity index (χ2n) is 7.68. The molecule has 2 N–H and O–H groups in total. The van der Waals surface area contributed by atoms with Gasteiger partial charge >= 0.3 is 0 Å². The fourth-order valence-corrected chi connectivity index (χ4v) is 3.61. The molecule has 0 atom stereocenters. The van der Waals surface area contributed by atoms with E-state index in [-0.39, 0.29) is 18.4 Å². The van der Waals surface area contributed by atoms with Gasteiger partial charge in [0.2, 0.25) is 5.91 Å². The van der Waals surface area contributed by atoms with Gasteiger partial charge in [-0.05, 0) is 50.5 Å². The molecule has 2 aromatic carbocycles. The van der Waals surface area contributed by atoms with Crippen LogP contribution in [-0.4, -0.2) is 47.7 Å². The van der Waals surface area contributed by atoms with Crippen LogP contribution in [-0.2, 0) is 22.5 Å². The highest BCUT2D eigenvalue weighted by molar-refractivity contribution is 5.95. The van der Waals surface area contributed by atoms with E-state index in [1.807, 2.05) is 66.9 Å². The summed E-state index contributed by atoms with van der Waals surface area (Å²) in [5.41, 5.74) is 3.46. The minimum absolute atomic E-state index is 0.0428. The summed E-state index contributed by atoms with van der Waals surface area (Å²) in [6.07, 6.45) is 2.19. The fourth-order valence-electron chi connectivity index (χ4n) is 3.61. The molecule has 0 radical (unpaired) electrons. The van der Waals surface area contributed by atoms with Crippen molar-refractivity contribution in [2.75, 3.05) is 26.3 Å². The van der Waals surface area contributed by atoms with Gasteiger partial charge in [-0.3, -0.25) is 9.59 Å². The number of aryl methyl sites for hydroxylation is 2. The Bertz CT molecular complexity index is 1040. The van der Waals surface area contributed by atoms with Crippen LogP contribution < -0.4 is 10.6 Å². The van der Waals surface area contributed by atoms with Crippen LogP contribution in [0, 0.1) is 6.92 Å². The zero-order chi connectivity index (χ0) is 22.8. The molecule has 0 aliphatic heterocycles. The van der Waals surface area contributed by atoms with E-state index in [4.69, 9.17) is 9.72 Å². The summed E-state index contributed by atoms with van der Waals surface area (Å²) in [6, 6.07) is 15.4. The third kappa shape index (κ3) is 6.40. The Morgan fingerprint density at radius 2 is 1.75 bits per heavy atom. The molecule has 1 heterocycles. The molecule has 3 aromatic rings. The first-order valence-electron chi connectivity index (χ1n) is 11.2. The molecule has 170 valence electrons. The van der Waals surface area contributed by atoms with E-state index in [1.165, 1.54) is 0 Å². The number of fused-ring (bicyclic) bond motifs is 1. The van der Waals surface area contributed by atoms with E-state index >= 15 is 0 Å². The summed E-state index contributed by atoms with van der Waals surface area (Å²) in [6.45, 7) is 6.57. The van der Waals surface area contributed by atoms with Crippen LogP contribution in [0.5, 0.6) is 0 Å². The molecule has 3 rings (SSSR count). The van der Waals surface area contributed by atoms with E-state index in [2.05, 4.69) is 10.6 Å². The van der Waals surface area contributed by atoms with E-state index < -0.39 is 0 Å². The number of nitrogens with one attached hydrogen (secondary N) is 2. The summed E-state index contributed by atoms with van der Waals surface area (Å²) in [5, 5.41) is 5.93. The maximum absolute atomic E-state index is 12.5. The van der Waals surface area contributed by atoms with Crippen molar-refractivity contribution in [3.63, 3.8) is 0 Å². The lowest BCUT2D eigenvalue weighted by Crippen LogP contribution is -2.30. The Hall–Kier alpha value is -3.19. The highest BCUT2D eigenvalue weighted by Gasteiger charge is 2.14. The van der Waals surface area contributed by atoms with Gasteiger partial charge in [-0.15, -0.1) is 0 Å². The van der Waals surface area contributed by atoms with Gasteiger partial charge in [0.25, 0.3) is 5.91 Å². The number of hydrogen-bond acceptors (Lipinski definition) is 4. The van der Waals surface area contributed by atoms with Gasteiger partial charge in [-0.1, -0.05) is 30.3 Å². The highest BCUT2D eigenvalue weighted by Crippen LogP contribution is 2.17. The maximum atomic E-state index is 12.5. The maximum Gasteiger partial charge on any atom is 0.251 e. The number of aromatic nitrogens is 2. The van der Waals surface area contributed by atoms with Crippen molar-refractivity contribution in [2.45, 2.75) is 39.7 Å². The Morgan fingerprint density at radius 1 is 1.00 bits per heavy atom. The molecule has 2 amide bonds. The van der Waals surface area contributed by atoms with Gasteiger partial charge in [0.05, 0.1) is 11.0 Å². The van der Waals surface area contributed by atoms with Crippen molar-refractivity contribution in [3.05, 3.63) is 65.5 Å². The molecule has 0 aliphatic carbocycles. The first-order chi connectivity index (χ1) is 15.6. The monoisotopic (exact) mass is 436 g/mol. The van der Waals surface area contributed by atoms with Gasteiger partial charge in [-0.2, -0.15) is 0 Å². The second-order valence-corrected chi connectivity index (χ2v) is 7.68. The molecule has 0 fully saturated rings. The summed E-state index contributed by atoms with van der Waals surface area (Å²) < 4.78 is 7.28. The number of rotatable bonds is 12. The topological polar surface area (TPSA) is 85.2 Å². The number of ether oxygens (including phenoxy) is 1. The molecular weight excluding hydrogens is 404 g/mol. The van der Waals surface area contributed by atoms with Crippen LogP contribution >= 0.6 is 0 Å². The highest BCUT2D eigenvalue weighted by atomic mass is 16.5. The second kappa shape index (κ2) is 12.0. The largest absolute Gasteiger partial charge is 0.382 e. The summed E-state index contributed by atoms with van der Waals surface area (Å²) in [7, 11) is 0. The molecule has 32 heavy (non-hydrogen) atoms. The number of carbonyl (C=O) groups is 2.